The van der Waals surface area contributed by atoms with E-state index in [9.17, 15) is 9.59 Å². The van der Waals surface area contributed by atoms with Gasteiger partial charge in [0.15, 0.2) is 0 Å². The lowest BCUT2D eigenvalue weighted by Gasteiger charge is -2.19. The van der Waals surface area contributed by atoms with Gasteiger partial charge in [0.2, 0.25) is 5.91 Å². The molecule has 160 valence electrons. The smallest absolute Gasteiger partial charge is 0.323 e. The normalized spacial score (nSPS) is 13.2. The molecule has 2 aromatic heterocycles. The van der Waals surface area contributed by atoms with Crippen LogP contribution in [0.3, 0.4) is 0 Å². The zero-order valence-corrected chi connectivity index (χ0v) is 18.4. The van der Waals surface area contributed by atoms with Crippen molar-refractivity contribution in [1.29, 1.82) is 0 Å². The summed E-state index contributed by atoms with van der Waals surface area (Å²) >= 11 is 1.67. The fourth-order valence-corrected chi connectivity index (χ4v) is 4.43. The van der Waals surface area contributed by atoms with Gasteiger partial charge in [-0.05, 0) is 53.1 Å². The molecular weight excluding hydrogens is 408 g/mol. The van der Waals surface area contributed by atoms with E-state index >= 15 is 0 Å². The molecule has 0 radical (unpaired) electrons. The van der Waals surface area contributed by atoms with Gasteiger partial charge in [0.05, 0.1) is 23.6 Å². The molecule has 0 aliphatic heterocycles. The van der Waals surface area contributed by atoms with Gasteiger partial charge in [-0.1, -0.05) is 44.2 Å². The standard InChI is InChI=1S/C24H26N4O2S/c1-3-15(2)16-6-8-17(9-7-16)23(21-5-4-12-31-21)25-14-22(29)26-18-10-11-19-20(13-18)28-24(30)27-19/h4-13,15,23,25H,3,14H2,1-2H3,(H,26,29)(H2,27,28,30). The van der Waals surface area contributed by atoms with Crippen molar-refractivity contribution in [3.05, 3.63) is 86.5 Å². The number of nitrogens with one attached hydrogen (secondary N) is 4. The topological polar surface area (TPSA) is 89.8 Å². The van der Waals surface area contributed by atoms with Crippen molar-refractivity contribution in [3.63, 3.8) is 0 Å². The second kappa shape index (κ2) is 9.32. The number of thiophene rings is 1. The van der Waals surface area contributed by atoms with Crippen LogP contribution in [-0.4, -0.2) is 22.4 Å². The van der Waals surface area contributed by atoms with Crippen LogP contribution in [0.1, 0.15) is 48.2 Å². The Kier molecular flexibility index (Phi) is 6.34. The van der Waals surface area contributed by atoms with E-state index in [1.807, 2.05) is 11.4 Å². The molecule has 0 spiro atoms. The summed E-state index contributed by atoms with van der Waals surface area (Å²) in [6.45, 7) is 4.59. The quantitative estimate of drug-likeness (QED) is 0.323. The third-order valence-electron chi connectivity index (χ3n) is 5.55. The van der Waals surface area contributed by atoms with E-state index < -0.39 is 0 Å². The van der Waals surface area contributed by atoms with Crippen molar-refractivity contribution in [2.75, 3.05) is 11.9 Å². The Balaban J connectivity index is 1.45. The first-order valence-electron chi connectivity index (χ1n) is 10.4. The number of H-pyrrole nitrogens is 2. The van der Waals surface area contributed by atoms with Crippen molar-refractivity contribution in [1.82, 2.24) is 15.3 Å². The van der Waals surface area contributed by atoms with Gasteiger partial charge in [0.1, 0.15) is 0 Å². The largest absolute Gasteiger partial charge is 0.325 e. The van der Waals surface area contributed by atoms with Gasteiger partial charge in [-0.2, -0.15) is 0 Å². The van der Waals surface area contributed by atoms with E-state index in [0.29, 0.717) is 22.6 Å². The average Bonchev–Trinajstić information content (AvgIpc) is 3.42. The number of aromatic amines is 2. The van der Waals surface area contributed by atoms with Crippen molar-refractivity contribution < 1.29 is 4.79 Å². The number of imidazole rings is 1. The van der Waals surface area contributed by atoms with Gasteiger partial charge < -0.3 is 15.3 Å². The molecule has 0 saturated carbocycles. The first-order valence-corrected chi connectivity index (χ1v) is 11.3. The molecule has 2 atom stereocenters. The van der Waals surface area contributed by atoms with Crippen LogP contribution >= 0.6 is 11.3 Å². The van der Waals surface area contributed by atoms with Gasteiger partial charge in [0, 0.05) is 10.6 Å². The Labute approximate surface area is 184 Å². The summed E-state index contributed by atoms with van der Waals surface area (Å²) in [5.41, 5.74) is 4.20. The van der Waals surface area contributed by atoms with Crippen molar-refractivity contribution in [3.8, 4) is 0 Å². The maximum absolute atomic E-state index is 12.6. The first-order chi connectivity index (χ1) is 15.0. The first kappa shape index (κ1) is 21.1. The van der Waals surface area contributed by atoms with Gasteiger partial charge in [-0.15, -0.1) is 11.3 Å². The summed E-state index contributed by atoms with van der Waals surface area (Å²) in [5, 5.41) is 8.34. The molecule has 2 aromatic carbocycles. The maximum atomic E-state index is 12.6. The molecule has 1 amide bonds. The Morgan fingerprint density at radius 3 is 2.48 bits per heavy atom. The van der Waals surface area contributed by atoms with Gasteiger partial charge in [-0.25, -0.2) is 4.79 Å². The third kappa shape index (κ3) is 4.95. The second-order valence-electron chi connectivity index (χ2n) is 7.69. The highest BCUT2D eigenvalue weighted by Crippen LogP contribution is 2.28. The predicted molar refractivity (Wildman–Crippen MR) is 127 cm³/mol. The molecule has 0 fully saturated rings. The van der Waals surface area contributed by atoms with Crippen molar-refractivity contribution >= 4 is 34.0 Å². The number of benzene rings is 2. The lowest BCUT2D eigenvalue weighted by atomic mass is 9.95. The van der Waals surface area contributed by atoms with Crippen LogP contribution < -0.4 is 16.3 Å². The minimum atomic E-state index is -0.265. The third-order valence-corrected chi connectivity index (χ3v) is 6.48. The number of amides is 1. The predicted octanol–water partition coefficient (Wildman–Crippen LogP) is 4.75. The molecule has 31 heavy (non-hydrogen) atoms. The number of aromatic nitrogens is 2. The summed E-state index contributed by atoms with van der Waals surface area (Å²) < 4.78 is 0. The lowest BCUT2D eigenvalue weighted by Crippen LogP contribution is -2.31. The Morgan fingerprint density at radius 2 is 1.77 bits per heavy atom. The summed E-state index contributed by atoms with van der Waals surface area (Å²) in [7, 11) is 0. The zero-order valence-electron chi connectivity index (χ0n) is 17.6. The summed E-state index contributed by atoms with van der Waals surface area (Å²) in [5.74, 6) is 0.385. The molecule has 7 heteroatoms. The molecule has 2 unspecified atom stereocenters. The summed E-state index contributed by atoms with van der Waals surface area (Å²) in [4.78, 5) is 30.6. The summed E-state index contributed by atoms with van der Waals surface area (Å²) in [6.07, 6.45) is 1.11. The molecule has 0 saturated heterocycles. The van der Waals surface area contributed by atoms with Gasteiger partial charge in [0.25, 0.3) is 0 Å². The van der Waals surface area contributed by atoms with Crippen LogP contribution in [0.5, 0.6) is 0 Å². The SMILES string of the molecule is CCC(C)c1ccc(C(NCC(=O)Nc2ccc3[nH]c(=O)[nH]c3c2)c2cccs2)cc1. The van der Waals surface area contributed by atoms with Crippen molar-refractivity contribution in [2.24, 2.45) is 0 Å². The summed E-state index contributed by atoms with van der Waals surface area (Å²) in [6, 6.07) is 18.0. The van der Waals surface area contributed by atoms with Crippen molar-refractivity contribution in [2.45, 2.75) is 32.2 Å². The number of carbonyl (C=O) groups excluding carboxylic acids is 1. The number of rotatable bonds is 8. The number of carbonyl (C=O) groups is 1. The molecule has 0 aliphatic carbocycles. The Bertz CT molecular complexity index is 1210. The minimum absolute atomic E-state index is 0.0553. The van der Waals surface area contributed by atoms with Crippen LogP contribution in [0.15, 0.2) is 64.8 Å². The van der Waals surface area contributed by atoms with Crippen LogP contribution in [-0.2, 0) is 4.79 Å². The molecular formula is C24H26N4O2S. The molecule has 4 N–H and O–H groups in total. The maximum Gasteiger partial charge on any atom is 0.323 e. The van der Waals surface area contributed by atoms with E-state index in [0.717, 1.165) is 16.9 Å². The fraction of sp³-hybridized carbons (Fsp3) is 0.250. The molecule has 2 heterocycles. The zero-order chi connectivity index (χ0) is 21.8. The monoisotopic (exact) mass is 434 g/mol. The van der Waals surface area contributed by atoms with Crippen LogP contribution in [0.2, 0.25) is 0 Å². The number of anilines is 1. The van der Waals surface area contributed by atoms with Crippen LogP contribution in [0.25, 0.3) is 11.0 Å². The van der Waals surface area contributed by atoms with E-state index in [1.165, 1.54) is 5.56 Å². The molecule has 4 rings (SSSR count). The van der Waals surface area contributed by atoms with Gasteiger partial charge >= 0.3 is 5.69 Å². The Morgan fingerprint density at radius 1 is 1.03 bits per heavy atom. The lowest BCUT2D eigenvalue weighted by molar-refractivity contribution is -0.115. The fourth-order valence-electron chi connectivity index (χ4n) is 3.60. The van der Waals surface area contributed by atoms with Gasteiger partial charge in [-0.3, -0.25) is 10.1 Å². The Hall–Kier alpha value is -3.16. The average molecular weight is 435 g/mol. The highest BCUT2D eigenvalue weighted by atomic mass is 32.1. The molecule has 0 aliphatic rings. The molecule has 0 bridgehead atoms. The van der Waals surface area contributed by atoms with E-state index in [1.54, 1.807) is 29.5 Å². The molecule has 6 nitrogen and oxygen atoms in total. The number of fused-ring (bicyclic) bond motifs is 1. The van der Waals surface area contributed by atoms with E-state index in [-0.39, 0.29) is 24.2 Å². The highest BCUT2D eigenvalue weighted by molar-refractivity contribution is 7.10. The van der Waals surface area contributed by atoms with Crippen LogP contribution in [0.4, 0.5) is 5.69 Å². The van der Waals surface area contributed by atoms with E-state index in [2.05, 4.69) is 64.8 Å². The minimum Gasteiger partial charge on any atom is -0.325 e. The second-order valence-corrected chi connectivity index (χ2v) is 8.67. The van der Waals surface area contributed by atoms with Crippen LogP contribution in [0, 0.1) is 0 Å². The number of hydrogen-bond donors (Lipinski definition) is 4. The number of hydrogen-bond acceptors (Lipinski definition) is 4. The van der Waals surface area contributed by atoms with E-state index in [4.69, 9.17) is 0 Å². The highest BCUT2D eigenvalue weighted by Gasteiger charge is 2.17. The molecule has 4 aromatic rings.